The minimum atomic E-state index is -4.42. The number of rotatable bonds is 4. The number of ether oxygens (including phenoxy) is 1. The van der Waals surface area contributed by atoms with Crippen LogP contribution in [0.4, 0.5) is 13.2 Å². The van der Waals surface area contributed by atoms with Gasteiger partial charge < -0.3 is 15.0 Å². The van der Waals surface area contributed by atoms with Gasteiger partial charge in [0.15, 0.2) is 0 Å². The highest BCUT2D eigenvalue weighted by atomic mass is 19.4. The maximum atomic E-state index is 12.3. The van der Waals surface area contributed by atoms with Crippen molar-refractivity contribution in [1.82, 2.24) is 10.2 Å². The number of carbonyl (C=O) groups is 1. The number of nitrogens with zero attached hydrogens (tertiary/aromatic N) is 1. The Morgan fingerprint density at radius 2 is 2.29 bits per heavy atom. The van der Waals surface area contributed by atoms with E-state index in [1.54, 1.807) is 0 Å². The largest absolute Gasteiger partial charge is 0.406 e. The van der Waals surface area contributed by atoms with Crippen molar-refractivity contribution in [3.8, 4) is 0 Å². The Kier molecular flexibility index (Phi) is 4.95. The summed E-state index contributed by atoms with van der Waals surface area (Å²) in [5, 5.41) is 2.90. The smallest absolute Gasteiger partial charge is 0.366 e. The van der Waals surface area contributed by atoms with Gasteiger partial charge in [0.1, 0.15) is 12.6 Å². The van der Waals surface area contributed by atoms with Gasteiger partial charge in [0.25, 0.3) is 5.91 Å². The number of nitrogens with one attached hydrogen (secondary N) is 1. The van der Waals surface area contributed by atoms with E-state index in [1.807, 2.05) is 0 Å². The second-order valence-corrected chi connectivity index (χ2v) is 3.69. The molecule has 1 N–H and O–H groups in total. The molecule has 1 unspecified atom stereocenters. The molecular weight excluding hydrogens is 237 g/mol. The van der Waals surface area contributed by atoms with E-state index in [0.29, 0.717) is 18.1 Å². The second kappa shape index (κ2) is 6.02. The molecule has 17 heavy (non-hydrogen) atoms. The third kappa shape index (κ3) is 4.74. The standard InChI is InChI=1S/C10H15F3N2O2/c1-2-4-15(7-10(11,12)13)9(16)8-6-14-3-5-17-8/h2,8,14H,1,3-7H2. The number of hydrogen-bond acceptors (Lipinski definition) is 3. The Morgan fingerprint density at radius 1 is 1.59 bits per heavy atom. The molecule has 0 spiro atoms. The average molecular weight is 252 g/mol. The van der Waals surface area contributed by atoms with Crippen LogP contribution >= 0.6 is 0 Å². The zero-order valence-corrected chi connectivity index (χ0v) is 9.29. The van der Waals surface area contributed by atoms with Crippen molar-refractivity contribution in [2.45, 2.75) is 12.3 Å². The van der Waals surface area contributed by atoms with E-state index in [2.05, 4.69) is 11.9 Å². The number of amides is 1. The molecule has 4 nitrogen and oxygen atoms in total. The van der Waals surface area contributed by atoms with Crippen LogP contribution in [0.2, 0.25) is 0 Å². The van der Waals surface area contributed by atoms with Gasteiger partial charge in [-0.15, -0.1) is 6.58 Å². The van der Waals surface area contributed by atoms with Crippen LogP contribution in [-0.2, 0) is 9.53 Å². The van der Waals surface area contributed by atoms with E-state index in [-0.39, 0.29) is 13.1 Å². The summed E-state index contributed by atoms with van der Waals surface area (Å²) in [4.78, 5) is 12.5. The molecule has 0 aliphatic carbocycles. The third-order valence-corrected chi connectivity index (χ3v) is 2.23. The molecule has 0 bridgehead atoms. The molecule has 1 atom stereocenters. The first-order valence-corrected chi connectivity index (χ1v) is 5.23. The summed E-state index contributed by atoms with van der Waals surface area (Å²) < 4.78 is 41.9. The van der Waals surface area contributed by atoms with E-state index in [9.17, 15) is 18.0 Å². The van der Waals surface area contributed by atoms with Crippen molar-refractivity contribution in [2.24, 2.45) is 0 Å². The Balaban J connectivity index is 2.61. The zero-order chi connectivity index (χ0) is 12.9. The van der Waals surface area contributed by atoms with Crippen molar-refractivity contribution < 1.29 is 22.7 Å². The van der Waals surface area contributed by atoms with Gasteiger partial charge in [-0.3, -0.25) is 4.79 Å². The molecule has 0 saturated carbocycles. The van der Waals surface area contributed by atoms with E-state index in [1.165, 1.54) is 6.08 Å². The number of hydrogen-bond donors (Lipinski definition) is 1. The highest BCUT2D eigenvalue weighted by Crippen LogP contribution is 2.17. The van der Waals surface area contributed by atoms with Crippen LogP contribution in [0, 0.1) is 0 Å². The summed E-state index contributed by atoms with van der Waals surface area (Å²) in [6.45, 7) is 3.09. The van der Waals surface area contributed by atoms with E-state index >= 15 is 0 Å². The van der Waals surface area contributed by atoms with Crippen LogP contribution in [0.5, 0.6) is 0 Å². The normalized spacial score (nSPS) is 21.0. The number of alkyl halides is 3. The highest BCUT2D eigenvalue weighted by Gasteiger charge is 2.35. The summed E-state index contributed by atoms with van der Waals surface area (Å²) in [5.41, 5.74) is 0. The van der Waals surface area contributed by atoms with Crippen molar-refractivity contribution >= 4 is 5.91 Å². The van der Waals surface area contributed by atoms with Gasteiger partial charge in [-0.2, -0.15) is 13.2 Å². The lowest BCUT2D eigenvalue weighted by atomic mass is 10.2. The molecule has 1 saturated heterocycles. The minimum absolute atomic E-state index is 0.141. The molecule has 1 amide bonds. The first-order valence-electron chi connectivity index (χ1n) is 5.23. The van der Waals surface area contributed by atoms with Crippen molar-refractivity contribution in [3.63, 3.8) is 0 Å². The lowest BCUT2D eigenvalue weighted by Gasteiger charge is -2.29. The van der Waals surface area contributed by atoms with Gasteiger partial charge in [-0.1, -0.05) is 6.08 Å². The molecule has 1 aliphatic rings. The predicted molar refractivity (Wildman–Crippen MR) is 55.4 cm³/mol. The molecular formula is C10H15F3N2O2. The SMILES string of the molecule is C=CCN(CC(F)(F)F)C(=O)C1CNCCO1. The van der Waals surface area contributed by atoms with Gasteiger partial charge in [0, 0.05) is 19.6 Å². The Bertz CT molecular complexity index is 275. The molecule has 7 heteroatoms. The topological polar surface area (TPSA) is 41.6 Å². The fourth-order valence-electron chi connectivity index (χ4n) is 1.53. The Hall–Kier alpha value is -1.08. The maximum absolute atomic E-state index is 12.3. The summed E-state index contributed by atoms with van der Waals surface area (Å²) in [5.74, 6) is -0.658. The molecule has 0 aromatic heterocycles. The lowest BCUT2D eigenvalue weighted by molar-refractivity contribution is -0.168. The molecule has 0 aromatic rings. The highest BCUT2D eigenvalue weighted by molar-refractivity contribution is 5.81. The summed E-state index contributed by atoms with van der Waals surface area (Å²) >= 11 is 0. The summed E-state index contributed by atoms with van der Waals surface area (Å²) in [7, 11) is 0. The third-order valence-electron chi connectivity index (χ3n) is 2.23. The molecule has 1 rings (SSSR count). The maximum Gasteiger partial charge on any atom is 0.406 e. The average Bonchev–Trinajstić information content (AvgIpc) is 2.27. The van der Waals surface area contributed by atoms with Crippen molar-refractivity contribution in [3.05, 3.63) is 12.7 Å². The van der Waals surface area contributed by atoms with E-state index < -0.39 is 24.7 Å². The summed E-state index contributed by atoms with van der Waals surface area (Å²) in [6, 6.07) is 0. The number of halogens is 3. The fourth-order valence-corrected chi connectivity index (χ4v) is 1.53. The number of carbonyl (C=O) groups excluding carboxylic acids is 1. The molecule has 0 aromatic carbocycles. The van der Waals surface area contributed by atoms with Gasteiger partial charge in [-0.25, -0.2) is 0 Å². The first kappa shape index (κ1) is 14.0. The van der Waals surface area contributed by atoms with Gasteiger partial charge >= 0.3 is 6.18 Å². The van der Waals surface area contributed by atoms with Gasteiger partial charge in [0.05, 0.1) is 6.61 Å². The first-order chi connectivity index (χ1) is 7.94. The van der Waals surface area contributed by atoms with E-state index in [4.69, 9.17) is 4.74 Å². The Morgan fingerprint density at radius 3 is 2.76 bits per heavy atom. The van der Waals surface area contributed by atoms with Crippen LogP contribution in [-0.4, -0.2) is 55.9 Å². The van der Waals surface area contributed by atoms with E-state index in [0.717, 1.165) is 0 Å². The Labute approximate surface area is 97.4 Å². The van der Waals surface area contributed by atoms with Crippen molar-refractivity contribution in [2.75, 3.05) is 32.8 Å². The molecule has 1 heterocycles. The molecule has 1 fully saturated rings. The molecule has 1 aliphatic heterocycles. The monoisotopic (exact) mass is 252 g/mol. The van der Waals surface area contributed by atoms with Crippen LogP contribution in [0.15, 0.2) is 12.7 Å². The number of morpholine rings is 1. The quantitative estimate of drug-likeness (QED) is 0.743. The van der Waals surface area contributed by atoms with Gasteiger partial charge in [0.2, 0.25) is 0 Å². The lowest BCUT2D eigenvalue weighted by Crippen LogP contribution is -2.51. The second-order valence-electron chi connectivity index (χ2n) is 3.69. The zero-order valence-electron chi connectivity index (χ0n) is 9.29. The van der Waals surface area contributed by atoms with Crippen molar-refractivity contribution in [1.29, 1.82) is 0 Å². The summed E-state index contributed by atoms with van der Waals surface area (Å²) in [6.07, 6.45) is -3.99. The van der Waals surface area contributed by atoms with Crippen LogP contribution in [0.3, 0.4) is 0 Å². The minimum Gasteiger partial charge on any atom is -0.366 e. The predicted octanol–water partition coefficient (Wildman–Crippen LogP) is 0.552. The van der Waals surface area contributed by atoms with Crippen LogP contribution in [0.25, 0.3) is 0 Å². The molecule has 0 radical (unpaired) electrons. The molecule has 98 valence electrons. The van der Waals surface area contributed by atoms with Crippen LogP contribution < -0.4 is 5.32 Å². The fraction of sp³-hybridized carbons (Fsp3) is 0.700. The van der Waals surface area contributed by atoms with Crippen LogP contribution in [0.1, 0.15) is 0 Å². The van der Waals surface area contributed by atoms with Gasteiger partial charge in [-0.05, 0) is 0 Å².